The van der Waals surface area contributed by atoms with Crippen molar-refractivity contribution in [2.75, 3.05) is 0 Å². The number of fused-ring (bicyclic) bond motifs is 1. The molecule has 0 bridgehead atoms. The zero-order valence-corrected chi connectivity index (χ0v) is 5.37. The summed E-state index contributed by atoms with van der Waals surface area (Å²) in [5, 5.41) is 2.54. The van der Waals surface area contributed by atoms with Crippen molar-refractivity contribution in [2.45, 2.75) is 0 Å². The van der Waals surface area contributed by atoms with Crippen LogP contribution in [0.3, 0.4) is 0 Å². The van der Waals surface area contributed by atoms with Crippen molar-refractivity contribution in [1.82, 2.24) is 19.6 Å². The summed E-state index contributed by atoms with van der Waals surface area (Å²) in [7, 11) is 0. The van der Waals surface area contributed by atoms with Crippen LogP contribution < -0.4 is 11.2 Å². The molecule has 2 rings (SSSR count). The van der Waals surface area contributed by atoms with Crippen molar-refractivity contribution in [3.8, 4) is 0 Å². The molecule has 56 valence electrons. The quantitative estimate of drug-likeness (QED) is 0.492. The van der Waals surface area contributed by atoms with E-state index in [-0.39, 0.29) is 0 Å². The fraction of sp³-hybridized carbons (Fsp3) is 0. The molecule has 0 radical (unpaired) electrons. The summed E-state index contributed by atoms with van der Waals surface area (Å²) >= 11 is 0. The second-order valence-electron chi connectivity index (χ2n) is 2.02. The lowest BCUT2D eigenvalue weighted by atomic mass is 10.6. The van der Waals surface area contributed by atoms with Gasteiger partial charge in [0.05, 0.1) is 0 Å². The van der Waals surface area contributed by atoms with Crippen LogP contribution in [0.15, 0.2) is 22.0 Å². The van der Waals surface area contributed by atoms with Gasteiger partial charge in [-0.05, 0) is 0 Å². The molecule has 2 aromatic rings. The molecule has 0 unspecified atom stereocenters. The van der Waals surface area contributed by atoms with Gasteiger partial charge >= 0.3 is 5.69 Å². The molecule has 0 aliphatic carbocycles. The van der Waals surface area contributed by atoms with Gasteiger partial charge in [-0.25, -0.2) is 9.78 Å². The molecule has 0 amide bonds. The third-order valence-corrected chi connectivity index (χ3v) is 1.31. The van der Waals surface area contributed by atoms with E-state index >= 15 is 0 Å². The summed E-state index contributed by atoms with van der Waals surface area (Å²) in [5.74, 6) is 0. The number of hydrogen-bond donors (Lipinski definition) is 2. The highest BCUT2D eigenvalue weighted by Gasteiger charge is 1.97. The molecule has 6 nitrogen and oxygen atoms in total. The number of aromatic nitrogens is 4. The van der Waals surface area contributed by atoms with Gasteiger partial charge in [0.1, 0.15) is 6.33 Å². The summed E-state index contributed by atoms with van der Waals surface area (Å²) in [6, 6.07) is 1.23. The van der Waals surface area contributed by atoms with E-state index < -0.39 is 11.2 Å². The van der Waals surface area contributed by atoms with E-state index in [1.165, 1.54) is 12.4 Å². The Morgan fingerprint density at radius 2 is 2.27 bits per heavy atom. The summed E-state index contributed by atoms with van der Waals surface area (Å²) in [6.07, 6.45) is 1.34. The Bertz CT molecular complexity index is 491. The fourth-order valence-electron chi connectivity index (χ4n) is 0.856. The summed E-state index contributed by atoms with van der Waals surface area (Å²) in [6.45, 7) is 0. The van der Waals surface area contributed by atoms with Gasteiger partial charge in [0, 0.05) is 6.07 Å². The molecule has 0 aromatic carbocycles. The first-order chi connectivity index (χ1) is 5.27. The van der Waals surface area contributed by atoms with Gasteiger partial charge in [0.2, 0.25) is 0 Å². The topological polar surface area (TPSA) is 83.0 Å². The van der Waals surface area contributed by atoms with Crippen LogP contribution in [0.4, 0.5) is 0 Å². The lowest BCUT2D eigenvalue weighted by molar-refractivity contribution is 0.857. The summed E-state index contributed by atoms with van der Waals surface area (Å²) < 4.78 is 1.14. The second kappa shape index (κ2) is 1.82. The molecule has 2 N–H and O–H groups in total. The Balaban J connectivity index is 3.15. The molecular weight excluding hydrogens is 148 g/mol. The lowest BCUT2D eigenvalue weighted by Gasteiger charge is -1.86. The number of nitrogens with one attached hydrogen (secondary N) is 2. The van der Waals surface area contributed by atoms with Crippen LogP contribution in [-0.4, -0.2) is 19.6 Å². The Labute approximate surface area is 59.5 Å². The van der Waals surface area contributed by atoms with E-state index in [9.17, 15) is 9.59 Å². The molecular formula is C5H4N4O2. The van der Waals surface area contributed by atoms with Crippen LogP contribution in [0.25, 0.3) is 5.65 Å². The minimum atomic E-state index is -0.509. The highest BCUT2D eigenvalue weighted by atomic mass is 16.2. The molecule has 0 fully saturated rings. The first-order valence-electron chi connectivity index (χ1n) is 2.93. The van der Waals surface area contributed by atoms with Crippen LogP contribution in [-0.2, 0) is 0 Å². The minimum absolute atomic E-state index is 0.318. The maximum atomic E-state index is 10.9. The average Bonchev–Trinajstić information content (AvgIpc) is 2.34. The Hall–Kier alpha value is -1.85. The Morgan fingerprint density at radius 1 is 1.45 bits per heavy atom. The Morgan fingerprint density at radius 3 is 3.09 bits per heavy atom. The van der Waals surface area contributed by atoms with Gasteiger partial charge in [-0.15, -0.1) is 0 Å². The molecule has 2 heterocycles. The maximum absolute atomic E-state index is 10.9. The standard InChI is InChI=1S/C5H4N4O2/c10-4-1-3-6-2-7-9(3)5(11)8-4/h1-2H,(H,6,7)(H,8,10,11). The average molecular weight is 152 g/mol. The Kier molecular flexibility index (Phi) is 0.974. The third kappa shape index (κ3) is 0.759. The fourth-order valence-corrected chi connectivity index (χ4v) is 0.856. The highest BCUT2D eigenvalue weighted by molar-refractivity contribution is 5.32. The van der Waals surface area contributed by atoms with E-state index in [0.29, 0.717) is 5.65 Å². The van der Waals surface area contributed by atoms with Crippen molar-refractivity contribution in [2.24, 2.45) is 0 Å². The molecule has 0 aliphatic heterocycles. The van der Waals surface area contributed by atoms with Gasteiger partial charge in [0.15, 0.2) is 5.65 Å². The van der Waals surface area contributed by atoms with Crippen LogP contribution in [0.2, 0.25) is 0 Å². The molecule has 0 spiro atoms. The van der Waals surface area contributed by atoms with Crippen molar-refractivity contribution in [3.05, 3.63) is 33.2 Å². The predicted octanol–water partition coefficient (Wildman–Crippen LogP) is -1.29. The molecule has 6 heteroatoms. The molecule has 11 heavy (non-hydrogen) atoms. The number of aromatic amines is 2. The van der Waals surface area contributed by atoms with Gasteiger partial charge in [-0.2, -0.15) is 4.52 Å². The monoisotopic (exact) mass is 152 g/mol. The smallest absolute Gasteiger partial charge is 0.278 e. The van der Waals surface area contributed by atoms with Gasteiger partial charge in [-0.3, -0.25) is 14.9 Å². The van der Waals surface area contributed by atoms with Crippen LogP contribution in [0.5, 0.6) is 0 Å². The first-order valence-corrected chi connectivity index (χ1v) is 2.93. The van der Waals surface area contributed by atoms with Crippen LogP contribution >= 0.6 is 0 Å². The molecule has 0 saturated heterocycles. The summed E-state index contributed by atoms with van der Waals surface area (Å²) in [5.41, 5.74) is -0.633. The van der Waals surface area contributed by atoms with E-state index in [2.05, 4.69) is 15.1 Å². The predicted molar refractivity (Wildman–Crippen MR) is 36.4 cm³/mol. The number of hydrogen-bond acceptors (Lipinski definition) is 3. The van der Waals surface area contributed by atoms with E-state index in [1.54, 1.807) is 0 Å². The number of nitrogens with zero attached hydrogens (tertiary/aromatic N) is 2. The lowest BCUT2D eigenvalue weighted by Crippen LogP contribution is -2.25. The molecule has 0 atom stereocenters. The van der Waals surface area contributed by atoms with Gasteiger partial charge in [-0.1, -0.05) is 0 Å². The van der Waals surface area contributed by atoms with E-state index in [4.69, 9.17) is 0 Å². The second-order valence-corrected chi connectivity index (χ2v) is 2.02. The molecule has 2 aromatic heterocycles. The van der Waals surface area contributed by atoms with Crippen molar-refractivity contribution < 1.29 is 0 Å². The van der Waals surface area contributed by atoms with Crippen LogP contribution in [0.1, 0.15) is 0 Å². The van der Waals surface area contributed by atoms with Gasteiger partial charge in [0.25, 0.3) is 5.56 Å². The normalized spacial score (nSPS) is 10.5. The molecule has 0 saturated carbocycles. The molecule has 0 aliphatic rings. The maximum Gasteiger partial charge on any atom is 0.349 e. The van der Waals surface area contributed by atoms with E-state index in [0.717, 1.165) is 4.52 Å². The third-order valence-electron chi connectivity index (χ3n) is 1.31. The highest BCUT2D eigenvalue weighted by Crippen LogP contribution is 1.83. The van der Waals surface area contributed by atoms with E-state index in [1.807, 2.05) is 0 Å². The summed E-state index contributed by atoms with van der Waals surface area (Å²) in [4.78, 5) is 27.4. The zero-order chi connectivity index (χ0) is 7.84. The number of H-pyrrole nitrogens is 2. The first kappa shape index (κ1) is 5.90. The number of rotatable bonds is 0. The minimum Gasteiger partial charge on any atom is -0.278 e. The van der Waals surface area contributed by atoms with Crippen LogP contribution in [0, 0.1) is 0 Å². The zero-order valence-electron chi connectivity index (χ0n) is 5.37. The largest absolute Gasteiger partial charge is 0.349 e. The SMILES string of the molecule is O=c1cc2nc[nH]n2c(=O)[nH]1. The van der Waals surface area contributed by atoms with Crippen molar-refractivity contribution in [1.29, 1.82) is 0 Å². The van der Waals surface area contributed by atoms with Crippen molar-refractivity contribution >= 4 is 5.65 Å². The van der Waals surface area contributed by atoms with Gasteiger partial charge < -0.3 is 0 Å². The van der Waals surface area contributed by atoms with Crippen molar-refractivity contribution in [3.63, 3.8) is 0 Å².